The molecular formula is C18H29N5O2. The Morgan fingerprint density at radius 3 is 2.52 bits per heavy atom. The summed E-state index contributed by atoms with van der Waals surface area (Å²) in [6.07, 6.45) is 5.96. The van der Waals surface area contributed by atoms with E-state index in [1.54, 1.807) is 0 Å². The number of nitrogens with zero attached hydrogens (tertiary/aromatic N) is 5. The Hall–Kier alpha value is -1.47. The molecular weight excluding hydrogens is 318 g/mol. The van der Waals surface area contributed by atoms with E-state index in [-0.39, 0.29) is 6.04 Å². The zero-order valence-electron chi connectivity index (χ0n) is 15.2. The zero-order chi connectivity index (χ0) is 17.2. The van der Waals surface area contributed by atoms with E-state index in [1.807, 2.05) is 4.90 Å². The Balaban J connectivity index is 1.25. The summed E-state index contributed by atoms with van der Waals surface area (Å²) in [6, 6.07) is 0.153. The molecule has 1 aromatic heterocycles. The summed E-state index contributed by atoms with van der Waals surface area (Å²) in [6.45, 7) is 8.31. The summed E-state index contributed by atoms with van der Waals surface area (Å²) < 4.78 is 5.47. The number of likely N-dealkylation sites (tertiary alicyclic amines) is 1. The molecule has 3 aliphatic rings. The second-order valence-corrected chi connectivity index (χ2v) is 7.69. The van der Waals surface area contributed by atoms with Crippen LogP contribution in [0.5, 0.6) is 0 Å². The lowest BCUT2D eigenvalue weighted by Crippen LogP contribution is -2.51. The molecule has 0 aromatic carbocycles. The van der Waals surface area contributed by atoms with Crippen molar-refractivity contribution < 1.29 is 9.32 Å². The molecule has 1 saturated carbocycles. The highest BCUT2D eigenvalue weighted by atomic mass is 16.5. The van der Waals surface area contributed by atoms with Gasteiger partial charge in [-0.05, 0) is 39.0 Å². The number of piperazine rings is 1. The van der Waals surface area contributed by atoms with E-state index in [1.165, 1.54) is 19.3 Å². The van der Waals surface area contributed by atoms with Crippen LogP contribution < -0.4 is 0 Å². The molecule has 1 aliphatic carbocycles. The maximum Gasteiger partial charge on any atom is 0.243 e. The van der Waals surface area contributed by atoms with Crippen molar-refractivity contribution in [3.63, 3.8) is 0 Å². The quantitative estimate of drug-likeness (QED) is 0.807. The fraction of sp³-hybridized carbons (Fsp3) is 0.833. The topological polar surface area (TPSA) is 65.7 Å². The standard InChI is InChI=1S/C18H29N5O2/c1-14(18-19-17(20-25-18)15-5-6-15)22-11-9-21(10-12-22)13-16(24)23-7-3-2-4-8-23/h14-15H,2-13H2,1H3. The highest BCUT2D eigenvalue weighted by Gasteiger charge is 2.32. The Morgan fingerprint density at radius 2 is 1.84 bits per heavy atom. The van der Waals surface area contributed by atoms with Crippen LogP contribution in [-0.2, 0) is 4.79 Å². The molecule has 0 radical (unpaired) electrons. The van der Waals surface area contributed by atoms with Gasteiger partial charge in [0, 0.05) is 45.2 Å². The van der Waals surface area contributed by atoms with Gasteiger partial charge in [0.25, 0.3) is 0 Å². The molecule has 0 spiro atoms. The van der Waals surface area contributed by atoms with E-state index in [0.29, 0.717) is 18.4 Å². The number of aromatic nitrogens is 2. The van der Waals surface area contributed by atoms with E-state index in [4.69, 9.17) is 4.52 Å². The first kappa shape index (κ1) is 17.0. The molecule has 1 unspecified atom stereocenters. The second kappa shape index (κ2) is 7.41. The highest BCUT2D eigenvalue weighted by Crippen LogP contribution is 2.38. The SMILES string of the molecule is CC(c1nc(C2CC2)no1)N1CCN(CC(=O)N2CCCCC2)CC1. The molecule has 7 nitrogen and oxygen atoms in total. The van der Waals surface area contributed by atoms with Gasteiger partial charge in [0.15, 0.2) is 5.82 Å². The van der Waals surface area contributed by atoms with Crippen LogP contribution in [0.25, 0.3) is 0 Å². The van der Waals surface area contributed by atoms with Gasteiger partial charge in [0.1, 0.15) is 0 Å². The number of hydrogen-bond donors (Lipinski definition) is 0. The van der Waals surface area contributed by atoms with Crippen molar-refractivity contribution in [3.8, 4) is 0 Å². The van der Waals surface area contributed by atoms with Gasteiger partial charge in [-0.3, -0.25) is 14.6 Å². The van der Waals surface area contributed by atoms with Crippen LogP contribution in [0.4, 0.5) is 0 Å². The number of piperidine rings is 1. The molecule has 2 saturated heterocycles. The summed E-state index contributed by atoms with van der Waals surface area (Å²) in [4.78, 5) is 23.7. The smallest absolute Gasteiger partial charge is 0.243 e. The number of rotatable bonds is 5. The molecule has 1 aromatic rings. The van der Waals surface area contributed by atoms with Crippen LogP contribution in [0.15, 0.2) is 4.52 Å². The van der Waals surface area contributed by atoms with Crippen molar-refractivity contribution in [3.05, 3.63) is 11.7 Å². The Morgan fingerprint density at radius 1 is 1.12 bits per heavy atom. The van der Waals surface area contributed by atoms with Gasteiger partial charge in [-0.25, -0.2) is 0 Å². The first-order valence-electron chi connectivity index (χ1n) is 9.78. The van der Waals surface area contributed by atoms with E-state index >= 15 is 0 Å². The van der Waals surface area contributed by atoms with Crippen molar-refractivity contribution in [2.45, 2.75) is 51.0 Å². The minimum absolute atomic E-state index is 0.153. The van der Waals surface area contributed by atoms with Crippen molar-refractivity contribution in [2.24, 2.45) is 0 Å². The summed E-state index contributed by atoms with van der Waals surface area (Å²) in [7, 11) is 0. The van der Waals surface area contributed by atoms with Crippen molar-refractivity contribution in [2.75, 3.05) is 45.8 Å². The van der Waals surface area contributed by atoms with Crippen LogP contribution in [0, 0.1) is 0 Å². The van der Waals surface area contributed by atoms with Crippen molar-refractivity contribution >= 4 is 5.91 Å². The Kier molecular flexibility index (Phi) is 5.03. The Bertz CT molecular complexity index is 586. The summed E-state index contributed by atoms with van der Waals surface area (Å²) in [5.41, 5.74) is 0. The number of carbonyl (C=O) groups excluding carboxylic acids is 1. The molecule has 1 atom stereocenters. The molecule has 138 valence electrons. The van der Waals surface area contributed by atoms with Gasteiger partial charge < -0.3 is 9.42 Å². The van der Waals surface area contributed by atoms with Crippen LogP contribution >= 0.6 is 0 Å². The van der Waals surface area contributed by atoms with Gasteiger partial charge >= 0.3 is 0 Å². The second-order valence-electron chi connectivity index (χ2n) is 7.69. The lowest BCUT2D eigenvalue weighted by Gasteiger charge is -2.37. The third-order valence-electron chi connectivity index (χ3n) is 5.78. The van der Waals surface area contributed by atoms with Crippen molar-refractivity contribution in [1.82, 2.24) is 24.8 Å². The molecule has 3 fully saturated rings. The summed E-state index contributed by atoms with van der Waals surface area (Å²) in [5.74, 6) is 2.45. The van der Waals surface area contributed by atoms with Crippen LogP contribution in [-0.4, -0.2) is 76.6 Å². The fourth-order valence-electron chi connectivity index (χ4n) is 3.82. The summed E-state index contributed by atoms with van der Waals surface area (Å²) >= 11 is 0. The average Bonchev–Trinajstić information content (AvgIpc) is 3.39. The van der Waals surface area contributed by atoms with Gasteiger partial charge in [0.2, 0.25) is 11.8 Å². The van der Waals surface area contributed by atoms with Crippen LogP contribution in [0.1, 0.15) is 62.7 Å². The van der Waals surface area contributed by atoms with E-state index < -0.39 is 0 Å². The van der Waals surface area contributed by atoms with Crippen LogP contribution in [0.2, 0.25) is 0 Å². The molecule has 1 amide bonds. The molecule has 2 aliphatic heterocycles. The molecule has 0 bridgehead atoms. The van der Waals surface area contributed by atoms with Gasteiger partial charge in [-0.1, -0.05) is 5.16 Å². The van der Waals surface area contributed by atoms with E-state index in [0.717, 1.165) is 63.8 Å². The fourth-order valence-corrected chi connectivity index (χ4v) is 3.82. The molecule has 3 heterocycles. The lowest BCUT2D eigenvalue weighted by molar-refractivity contribution is -0.133. The molecule has 0 N–H and O–H groups in total. The van der Waals surface area contributed by atoms with Gasteiger partial charge in [0.05, 0.1) is 12.6 Å². The Labute approximate surface area is 149 Å². The molecule has 4 rings (SSSR count). The highest BCUT2D eigenvalue weighted by molar-refractivity contribution is 5.78. The molecule has 7 heteroatoms. The van der Waals surface area contributed by atoms with Crippen LogP contribution in [0.3, 0.4) is 0 Å². The van der Waals surface area contributed by atoms with Gasteiger partial charge in [-0.2, -0.15) is 4.98 Å². The van der Waals surface area contributed by atoms with Crippen molar-refractivity contribution in [1.29, 1.82) is 0 Å². The first-order chi connectivity index (χ1) is 12.2. The number of carbonyl (C=O) groups is 1. The predicted molar refractivity (Wildman–Crippen MR) is 93.1 cm³/mol. The summed E-state index contributed by atoms with van der Waals surface area (Å²) in [5, 5.41) is 4.13. The minimum atomic E-state index is 0.153. The predicted octanol–water partition coefficient (Wildman–Crippen LogP) is 1.64. The lowest BCUT2D eigenvalue weighted by atomic mass is 10.1. The largest absolute Gasteiger partial charge is 0.342 e. The maximum absolute atomic E-state index is 12.4. The first-order valence-corrected chi connectivity index (χ1v) is 9.78. The zero-order valence-corrected chi connectivity index (χ0v) is 15.2. The van der Waals surface area contributed by atoms with Gasteiger partial charge in [-0.15, -0.1) is 0 Å². The van der Waals surface area contributed by atoms with E-state index in [2.05, 4.69) is 26.9 Å². The third-order valence-corrected chi connectivity index (χ3v) is 5.78. The number of amides is 1. The van der Waals surface area contributed by atoms with E-state index in [9.17, 15) is 4.79 Å². The number of hydrogen-bond acceptors (Lipinski definition) is 6. The maximum atomic E-state index is 12.4. The monoisotopic (exact) mass is 347 g/mol. The third kappa shape index (κ3) is 4.03. The average molecular weight is 347 g/mol. The normalized spacial score (nSPS) is 24.4. The minimum Gasteiger partial charge on any atom is -0.342 e. The molecule has 25 heavy (non-hydrogen) atoms.